The van der Waals surface area contributed by atoms with E-state index in [1.807, 2.05) is 16.8 Å². The smallest absolute Gasteiger partial charge is 0.133 e. The van der Waals surface area contributed by atoms with Gasteiger partial charge in [-0.25, -0.2) is 4.68 Å². The van der Waals surface area contributed by atoms with Crippen molar-refractivity contribution >= 4 is 40.4 Å². The second kappa shape index (κ2) is 5.05. The highest BCUT2D eigenvalue weighted by Crippen LogP contribution is 2.36. The standard InChI is InChI=1S/C15H11Cl2N3S/c16-10-5-11(17)7-12(6-10)20-15-13(1-3-18-15)14(19-20)9-2-4-21-8-9/h2,4-8,18H,1,3H2. The summed E-state index contributed by atoms with van der Waals surface area (Å²) in [5, 5.41) is 13.6. The molecule has 3 nitrogen and oxygen atoms in total. The lowest BCUT2D eigenvalue weighted by Crippen LogP contribution is -2.04. The van der Waals surface area contributed by atoms with Crippen LogP contribution in [0.3, 0.4) is 0 Å². The van der Waals surface area contributed by atoms with Crippen LogP contribution in [0.4, 0.5) is 5.82 Å². The fourth-order valence-corrected chi connectivity index (χ4v) is 3.81. The van der Waals surface area contributed by atoms with Crippen LogP contribution >= 0.6 is 34.5 Å². The van der Waals surface area contributed by atoms with E-state index in [9.17, 15) is 0 Å². The molecule has 3 heterocycles. The third-order valence-electron chi connectivity index (χ3n) is 3.54. The average molecular weight is 336 g/mol. The minimum atomic E-state index is 0.608. The molecule has 0 fully saturated rings. The molecule has 0 bridgehead atoms. The van der Waals surface area contributed by atoms with Gasteiger partial charge in [0.2, 0.25) is 0 Å². The first-order valence-corrected chi connectivity index (χ1v) is 8.27. The fourth-order valence-electron chi connectivity index (χ4n) is 2.65. The Bertz CT molecular complexity index is 788. The maximum absolute atomic E-state index is 6.11. The number of thiophene rings is 1. The summed E-state index contributed by atoms with van der Waals surface area (Å²) in [7, 11) is 0. The largest absolute Gasteiger partial charge is 0.369 e. The van der Waals surface area contributed by atoms with Crippen molar-refractivity contribution in [2.24, 2.45) is 0 Å². The Hall–Kier alpha value is -1.49. The van der Waals surface area contributed by atoms with Gasteiger partial charge in [-0.1, -0.05) is 23.2 Å². The lowest BCUT2D eigenvalue weighted by atomic mass is 10.1. The summed E-state index contributed by atoms with van der Waals surface area (Å²) in [6.07, 6.45) is 0.981. The van der Waals surface area contributed by atoms with Crippen molar-refractivity contribution in [2.45, 2.75) is 6.42 Å². The number of nitrogens with one attached hydrogen (secondary N) is 1. The summed E-state index contributed by atoms with van der Waals surface area (Å²) in [6.45, 7) is 0.929. The van der Waals surface area contributed by atoms with Gasteiger partial charge in [-0.2, -0.15) is 16.4 Å². The van der Waals surface area contributed by atoms with Crippen molar-refractivity contribution in [2.75, 3.05) is 11.9 Å². The van der Waals surface area contributed by atoms with Gasteiger partial charge in [-0.3, -0.25) is 0 Å². The van der Waals surface area contributed by atoms with Crippen LogP contribution < -0.4 is 5.32 Å². The van der Waals surface area contributed by atoms with Gasteiger partial charge < -0.3 is 5.32 Å². The second-order valence-corrected chi connectivity index (χ2v) is 6.56. The summed E-state index contributed by atoms with van der Waals surface area (Å²) in [4.78, 5) is 0. The highest BCUT2D eigenvalue weighted by atomic mass is 35.5. The van der Waals surface area contributed by atoms with Gasteiger partial charge >= 0.3 is 0 Å². The molecule has 0 aliphatic carbocycles. The molecule has 2 aromatic heterocycles. The van der Waals surface area contributed by atoms with Crippen molar-refractivity contribution in [1.29, 1.82) is 0 Å². The second-order valence-electron chi connectivity index (χ2n) is 4.90. The minimum absolute atomic E-state index is 0.608. The van der Waals surface area contributed by atoms with Crippen LogP contribution in [0.25, 0.3) is 16.9 Å². The highest BCUT2D eigenvalue weighted by Gasteiger charge is 2.24. The van der Waals surface area contributed by atoms with E-state index in [2.05, 4.69) is 22.1 Å². The van der Waals surface area contributed by atoms with Crippen molar-refractivity contribution < 1.29 is 0 Å². The zero-order valence-electron chi connectivity index (χ0n) is 10.9. The van der Waals surface area contributed by atoms with Crippen LogP contribution in [0, 0.1) is 0 Å². The van der Waals surface area contributed by atoms with Crippen LogP contribution in [0.5, 0.6) is 0 Å². The molecule has 21 heavy (non-hydrogen) atoms. The maximum Gasteiger partial charge on any atom is 0.133 e. The Morgan fingerprint density at radius 2 is 2.00 bits per heavy atom. The highest BCUT2D eigenvalue weighted by molar-refractivity contribution is 7.08. The molecular weight excluding hydrogens is 325 g/mol. The number of hydrogen-bond donors (Lipinski definition) is 1. The summed E-state index contributed by atoms with van der Waals surface area (Å²) in [6, 6.07) is 7.57. The van der Waals surface area contributed by atoms with Gasteiger partial charge in [0.1, 0.15) is 5.82 Å². The molecule has 0 saturated carbocycles. The Balaban J connectivity index is 1.92. The maximum atomic E-state index is 6.11. The first-order chi connectivity index (χ1) is 10.2. The van der Waals surface area contributed by atoms with E-state index >= 15 is 0 Å². The number of nitrogens with zero attached hydrogens (tertiary/aromatic N) is 2. The first kappa shape index (κ1) is 13.2. The molecule has 0 atom stereocenters. The Morgan fingerprint density at radius 1 is 1.19 bits per heavy atom. The molecule has 1 aliphatic heterocycles. The van der Waals surface area contributed by atoms with Crippen molar-refractivity contribution in [1.82, 2.24) is 9.78 Å². The number of hydrogen-bond acceptors (Lipinski definition) is 3. The Labute approximate surface area is 136 Å². The molecule has 6 heteroatoms. The van der Waals surface area contributed by atoms with Gasteiger partial charge in [0, 0.05) is 33.1 Å². The van der Waals surface area contributed by atoms with Crippen LogP contribution in [0.1, 0.15) is 5.56 Å². The third-order valence-corrected chi connectivity index (χ3v) is 4.66. The number of anilines is 1. The van der Waals surface area contributed by atoms with E-state index < -0.39 is 0 Å². The molecule has 0 saturated heterocycles. The zero-order chi connectivity index (χ0) is 14.4. The molecular formula is C15H11Cl2N3S. The zero-order valence-corrected chi connectivity index (χ0v) is 13.3. The SMILES string of the molecule is Clc1cc(Cl)cc(-n2nc(-c3ccsc3)c3c2NCC3)c1. The topological polar surface area (TPSA) is 29.9 Å². The van der Waals surface area contributed by atoms with Crippen molar-refractivity contribution in [3.63, 3.8) is 0 Å². The van der Waals surface area contributed by atoms with Crippen LogP contribution in [-0.2, 0) is 6.42 Å². The number of aromatic nitrogens is 2. The third kappa shape index (κ3) is 2.24. The van der Waals surface area contributed by atoms with Gasteiger partial charge in [0.25, 0.3) is 0 Å². The number of halogens is 2. The molecule has 0 radical (unpaired) electrons. The summed E-state index contributed by atoms with van der Waals surface area (Å²) >= 11 is 13.9. The van der Waals surface area contributed by atoms with Gasteiger partial charge in [0.15, 0.2) is 0 Å². The normalized spacial score (nSPS) is 13.2. The molecule has 1 N–H and O–H groups in total. The summed E-state index contributed by atoms with van der Waals surface area (Å²) < 4.78 is 1.90. The summed E-state index contributed by atoms with van der Waals surface area (Å²) in [5.41, 5.74) is 4.32. The predicted octanol–water partition coefficient (Wildman–Crippen LogP) is 4.88. The Morgan fingerprint density at radius 3 is 2.71 bits per heavy atom. The van der Waals surface area contributed by atoms with Crippen LogP contribution in [-0.4, -0.2) is 16.3 Å². The molecule has 4 rings (SSSR count). The Kier molecular flexibility index (Phi) is 3.17. The molecule has 0 spiro atoms. The van der Waals surface area contributed by atoms with Crippen molar-refractivity contribution in [3.8, 4) is 16.9 Å². The molecule has 1 aromatic carbocycles. The van der Waals surface area contributed by atoms with E-state index in [1.165, 1.54) is 5.56 Å². The van der Waals surface area contributed by atoms with Gasteiger partial charge in [-0.15, -0.1) is 0 Å². The van der Waals surface area contributed by atoms with E-state index in [4.69, 9.17) is 28.3 Å². The number of benzene rings is 1. The van der Waals surface area contributed by atoms with Gasteiger partial charge in [-0.05, 0) is 36.1 Å². The lowest BCUT2D eigenvalue weighted by Gasteiger charge is -2.07. The van der Waals surface area contributed by atoms with E-state index in [0.29, 0.717) is 10.0 Å². The number of rotatable bonds is 2. The fraction of sp³-hybridized carbons (Fsp3) is 0.133. The molecule has 3 aromatic rings. The van der Waals surface area contributed by atoms with E-state index in [1.54, 1.807) is 17.4 Å². The number of fused-ring (bicyclic) bond motifs is 1. The van der Waals surface area contributed by atoms with Gasteiger partial charge in [0.05, 0.1) is 11.4 Å². The molecule has 0 amide bonds. The molecule has 1 aliphatic rings. The monoisotopic (exact) mass is 335 g/mol. The molecule has 0 unspecified atom stereocenters. The summed E-state index contributed by atoms with van der Waals surface area (Å²) in [5.74, 6) is 1.04. The quantitative estimate of drug-likeness (QED) is 0.723. The van der Waals surface area contributed by atoms with E-state index in [-0.39, 0.29) is 0 Å². The molecule has 106 valence electrons. The average Bonchev–Trinajstić information content (AvgIpc) is 3.14. The van der Waals surface area contributed by atoms with Crippen LogP contribution in [0.15, 0.2) is 35.0 Å². The lowest BCUT2D eigenvalue weighted by molar-refractivity contribution is 0.883. The first-order valence-electron chi connectivity index (χ1n) is 6.57. The predicted molar refractivity (Wildman–Crippen MR) is 89.1 cm³/mol. The van der Waals surface area contributed by atoms with Crippen molar-refractivity contribution in [3.05, 3.63) is 50.6 Å². The van der Waals surface area contributed by atoms with Crippen LogP contribution in [0.2, 0.25) is 10.0 Å². The minimum Gasteiger partial charge on any atom is -0.369 e. The van der Waals surface area contributed by atoms with E-state index in [0.717, 1.165) is 35.7 Å².